The number of nitrogens with zero attached hydrogens (tertiary/aromatic N) is 6. The maximum atomic E-state index is 12.6. The lowest BCUT2D eigenvalue weighted by molar-refractivity contribution is -0.138. The fourth-order valence-electron chi connectivity index (χ4n) is 2.40. The van der Waals surface area contributed by atoms with E-state index in [9.17, 15) is 18.0 Å². The van der Waals surface area contributed by atoms with Gasteiger partial charge >= 0.3 is 6.18 Å². The second kappa shape index (κ2) is 6.38. The topological polar surface area (TPSA) is 67.2 Å². The van der Waals surface area contributed by atoms with E-state index in [2.05, 4.69) is 15.3 Å². The lowest BCUT2D eigenvalue weighted by atomic mass is 10.3. The Morgan fingerprint density at radius 1 is 1.25 bits per heavy atom. The molecule has 130 valence electrons. The van der Waals surface area contributed by atoms with Crippen molar-refractivity contribution in [1.82, 2.24) is 24.9 Å². The zero-order valence-electron chi connectivity index (χ0n) is 12.8. The Morgan fingerprint density at radius 2 is 1.96 bits per heavy atom. The molecule has 0 spiro atoms. The van der Waals surface area contributed by atoms with Gasteiger partial charge in [0.1, 0.15) is 6.54 Å². The molecule has 1 saturated heterocycles. The van der Waals surface area contributed by atoms with E-state index in [4.69, 9.17) is 0 Å². The van der Waals surface area contributed by atoms with Gasteiger partial charge in [-0.25, -0.2) is 0 Å². The van der Waals surface area contributed by atoms with E-state index in [1.54, 1.807) is 20.7 Å². The van der Waals surface area contributed by atoms with Gasteiger partial charge in [0.15, 0.2) is 0 Å². The zero-order valence-corrected chi connectivity index (χ0v) is 13.6. The quantitative estimate of drug-likeness (QED) is 0.828. The minimum Gasteiger partial charge on any atom is -0.343 e. The van der Waals surface area contributed by atoms with Crippen LogP contribution in [0.5, 0.6) is 0 Å². The van der Waals surface area contributed by atoms with Crippen molar-refractivity contribution >= 4 is 22.4 Å². The highest BCUT2D eigenvalue weighted by Crippen LogP contribution is 2.34. The van der Waals surface area contributed by atoms with Crippen molar-refractivity contribution < 1.29 is 18.0 Å². The maximum Gasteiger partial charge on any atom is 0.445 e. The van der Waals surface area contributed by atoms with E-state index in [1.807, 2.05) is 13.0 Å². The molecule has 2 aromatic heterocycles. The standard InChI is InChI=1S/C13H15F3N6OS/c1-9-2-3-17-22(9)8-10(23)20-4-6-21(7-5-20)12-19-18-11(24-12)13(14,15)16/h2-3H,4-8H2,1H3. The number of amides is 1. The lowest BCUT2D eigenvalue weighted by Crippen LogP contribution is -2.49. The van der Waals surface area contributed by atoms with Gasteiger partial charge in [0.25, 0.3) is 0 Å². The summed E-state index contributed by atoms with van der Waals surface area (Å²) < 4.78 is 39.4. The molecule has 1 amide bonds. The number of rotatable bonds is 3. The number of anilines is 1. The normalized spacial score (nSPS) is 15.8. The van der Waals surface area contributed by atoms with Crippen LogP contribution in [-0.2, 0) is 17.5 Å². The monoisotopic (exact) mass is 360 g/mol. The van der Waals surface area contributed by atoms with Crippen LogP contribution in [-0.4, -0.2) is 57.0 Å². The maximum absolute atomic E-state index is 12.6. The molecule has 0 atom stereocenters. The van der Waals surface area contributed by atoms with Gasteiger partial charge in [0.05, 0.1) is 0 Å². The number of piperazine rings is 1. The van der Waals surface area contributed by atoms with E-state index in [0.717, 1.165) is 5.69 Å². The average molecular weight is 360 g/mol. The van der Waals surface area contributed by atoms with Crippen molar-refractivity contribution in [2.45, 2.75) is 19.6 Å². The number of carbonyl (C=O) groups excluding carboxylic acids is 1. The zero-order chi connectivity index (χ0) is 17.3. The molecule has 3 rings (SSSR count). The minimum atomic E-state index is -4.48. The van der Waals surface area contributed by atoms with Gasteiger partial charge in [-0.2, -0.15) is 18.3 Å². The lowest BCUT2D eigenvalue weighted by Gasteiger charge is -2.34. The molecule has 0 N–H and O–H groups in total. The minimum absolute atomic E-state index is 0.0605. The van der Waals surface area contributed by atoms with Crippen LogP contribution >= 0.6 is 11.3 Å². The van der Waals surface area contributed by atoms with Crippen molar-refractivity contribution in [1.29, 1.82) is 0 Å². The van der Waals surface area contributed by atoms with E-state index in [0.29, 0.717) is 37.5 Å². The first-order valence-electron chi connectivity index (χ1n) is 7.26. The molecule has 1 fully saturated rings. The molecule has 11 heteroatoms. The number of hydrogen-bond acceptors (Lipinski definition) is 6. The Balaban J connectivity index is 1.56. The van der Waals surface area contributed by atoms with E-state index in [-0.39, 0.29) is 17.6 Å². The molecule has 24 heavy (non-hydrogen) atoms. The summed E-state index contributed by atoms with van der Waals surface area (Å²) in [6, 6.07) is 1.82. The molecule has 0 unspecified atom stereocenters. The van der Waals surface area contributed by atoms with Crippen molar-refractivity contribution in [3.8, 4) is 0 Å². The van der Waals surface area contributed by atoms with Crippen molar-refractivity contribution in [2.75, 3.05) is 31.1 Å². The molecular weight excluding hydrogens is 345 g/mol. The van der Waals surface area contributed by atoms with Crippen molar-refractivity contribution in [3.63, 3.8) is 0 Å². The van der Waals surface area contributed by atoms with Gasteiger partial charge in [0.2, 0.25) is 16.0 Å². The third kappa shape index (κ3) is 3.50. The fraction of sp³-hybridized carbons (Fsp3) is 0.538. The second-order valence-corrected chi connectivity index (χ2v) is 6.34. The van der Waals surface area contributed by atoms with Gasteiger partial charge in [-0.1, -0.05) is 11.3 Å². The Hall–Kier alpha value is -2.17. The summed E-state index contributed by atoms with van der Waals surface area (Å²) in [4.78, 5) is 15.7. The summed E-state index contributed by atoms with van der Waals surface area (Å²) in [7, 11) is 0. The molecule has 0 radical (unpaired) electrons. The van der Waals surface area contributed by atoms with E-state index in [1.165, 1.54) is 0 Å². The van der Waals surface area contributed by atoms with Crippen LogP contribution in [0, 0.1) is 6.92 Å². The Morgan fingerprint density at radius 3 is 2.50 bits per heavy atom. The second-order valence-electron chi connectivity index (χ2n) is 5.39. The Kier molecular flexibility index (Phi) is 4.43. The average Bonchev–Trinajstić information content (AvgIpc) is 3.17. The van der Waals surface area contributed by atoms with Crippen LogP contribution in [0.25, 0.3) is 0 Å². The molecule has 1 aliphatic rings. The third-order valence-electron chi connectivity index (χ3n) is 3.77. The van der Waals surface area contributed by atoms with Crippen LogP contribution in [0.15, 0.2) is 12.3 Å². The SMILES string of the molecule is Cc1ccnn1CC(=O)N1CCN(c2nnc(C(F)(F)F)s2)CC1. The summed E-state index contributed by atoms with van der Waals surface area (Å²) in [6.07, 6.45) is -2.84. The smallest absolute Gasteiger partial charge is 0.343 e. The van der Waals surface area contributed by atoms with Crippen LogP contribution in [0.2, 0.25) is 0 Å². The van der Waals surface area contributed by atoms with Crippen LogP contribution < -0.4 is 4.90 Å². The van der Waals surface area contributed by atoms with Gasteiger partial charge < -0.3 is 9.80 Å². The largest absolute Gasteiger partial charge is 0.445 e. The third-order valence-corrected chi connectivity index (χ3v) is 4.80. The van der Waals surface area contributed by atoms with Gasteiger partial charge in [-0.05, 0) is 13.0 Å². The van der Waals surface area contributed by atoms with Gasteiger partial charge in [-0.15, -0.1) is 10.2 Å². The predicted molar refractivity (Wildman–Crippen MR) is 80.7 cm³/mol. The summed E-state index contributed by atoms with van der Waals surface area (Å²) in [5.74, 6) is -0.0605. The highest BCUT2D eigenvalue weighted by molar-refractivity contribution is 7.15. The number of hydrogen-bond donors (Lipinski definition) is 0. The van der Waals surface area contributed by atoms with E-state index < -0.39 is 11.2 Å². The van der Waals surface area contributed by atoms with Gasteiger partial charge in [0, 0.05) is 38.1 Å². The number of alkyl halides is 3. The van der Waals surface area contributed by atoms with Gasteiger partial charge in [-0.3, -0.25) is 9.48 Å². The number of carbonyl (C=O) groups is 1. The number of aryl methyl sites for hydroxylation is 1. The first-order valence-corrected chi connectivity index (χ1v) is 8.08. The van der Waals surface area contributed by atoms with E-state index >= 15 is 0 Å². The first kappa shape index (κ1) is 16.7. The molecule has 1 aliphatic heterocycles. The summed E-state index contributed by atoms with van der Waals surface area (Å²) in [5, 5.41) is 10.1. The van der Waals surface area contributed by atoms with Crippen LogP contribution in [0.3, 0.4) is 0 Å². The summed E-state index contributed by atoms with van der Waals surface area (Å²) >= 11 is 0.523. The molecule has 0 saturated carbocycles. The van der Waals surface area contributed by atoms with Crippen LogP contribution in [0.1, 0.15) is 10.7 Å². The first-order chi connectivity index (χ1) is 11.3. The highest BCUT2D eigenvalue weighted by Gasteiger charge is 2.36. The fourth-order valence-corrected chi connectivity index (χ4v) is 3.16. The molecule has 2 aromatic rings. The summed E-state index contributed by atoms with van der Waals surface area (Å²) in [5.41, 5.74) is 0.899. The summed E-state index contributed by atoms with van der Waals surface area (Å²) in [6.45, 7) is 3.74. The highest BCUT2D eigenvalue weighted by atomic mass is 32.1. The molecule has 0 aliphatic carbocycles. The number of halogens is 3. The van der Waals surface area contributed by atoms with Crippen molar-refractivity contribution in [3.05, 3.63) is 23.0 Å². The Labute approximate surface area is 139 Å². The predicted octanol–water partition coefficient (Wildman–Crippen LogP) is 1.41. The molecule has 0 aromatic carbocycles. The molecule has 7 nitrogen and oxygen atoms in total. The molecule has 3 heterocycles. The van der Waals surface area contributed by atoms with Crippen molar-refractivity contribution in [2.24, 2.45) is 0 Å². The number of aromatic nitrogens is 4. The molecule has 0 bridgehead atoms. The van der Waals surface area contributed by atoms with Crippen LogP contribution in [0.4, 0.5) is 18.3 Å². The Bertz CT molecular complexity index is 719. The molecular formula is C13H15F3N6OS.